The number of allylic oxidation sites excluding steroid dienone is 1. The first-order chi connectivity index (χ1) is 10.5. The van der Waals surface area contributed by atoms with Gasteiger partial charge < -0.3 is 15.2 Å². The number of rotatable bonds is 7. The van der Waals surface area contributed by atoms with Gasteiger partial charge in [-0.1, -0.05) is 37.3 Å². The normalized spacial score (nSPS) is 11.5. The molecule has 0 atom stereocenters. The Bertz CT molecular complexity index is 564. The smallest absolute Gasteiger partial charge is 0.343 e. The van der Waals surface area contributed by atoms with Crippen LogP contribution in [-0.4, -0.2) is 12.6 Å². The van der Waals surface area contributed by atoms with Gasteiger partial charge in [0.2, 0.25) is 5.76 Å². The van der Waals surface area contributed by atoms with E-state index < -0.39 is 23.4 Å². The zero-order valence-electron chi connectivity index (χ0n) is 12.6. The summed E-state index contributed by atoms with van der Waals surface area (Å²) in [6.07, 6.45) is -1.89. The highest BCUT2D eigenvalue weighted by molar-refractivity contribution is 5.93. The van der Waals surface area contributed by atoms with Gasteiger partial charge in [-0.15, -0.1) is 0 Å². The van der Waals surface area contributed by atoms with Gasteiger partial charge in [0.25, 0.3) is 0 Å². The second-order valence-electron chi connectivity index (χ2n) is 4.34. The summed E-state index contributed by atoms with van der Waals surface area (Å²) in [6.45, 7) is 3.18. The largest absolute Gasteiger partial charge is 0.483 e. The van der Waals surface area contributed by atoms with Gasteiger partial charge in [0.05, 0.1) is 6.61 Å². The summed E-state index contributed by atoms with van der Waals surface area (Å²) in [5.41, 5.74) is 5.96. The van der Waals surface area contributed by atoms with E-state index in [2.05, 4.69) is 0 Å². The summed E-state index contributed by atoms with van der Waals surface area (Å²) < 4.78 is 36.3. The van der Waals surface area contributed by atoms with Crippen molar-refractivity contribution >= 4 is 5.97 Å². The Labute approximate surface area is 128 Å². The van der Waals surface area contributed by atoms with Crippen molar-refractivity contribution in [3.8, 4) is 0 Å². The molecular formula is C16H19F2NO3. The maximum Gasteiger partial charge on any atom is 0.343 e. The molecule has 0 aliphatic heterocycles. The number of carbonyl (C=O) groups excluding carboxylic acids is 1. The van der Waals surface area contributed by atoms with E-state index in [1.807, 2.05) is 0 Å². The maximum absolute atomic E-state index is 13.2. The first-order valence-electron chi connectivity index (χ1n) is 6.89. The number of nitrogens with two attached hydrogens (primary N) is 1. The van der Waals surface area contributed by atoms with E-state index in [4.69, 9.17) is 15.2 Å². The summed E-state index contributed by atoms with van der Waals surface area (Å²) in [7, 11) is 0. The molecule has 1 rings (SSSR count). The zero-order valence-corrected chi connectivity index (χ0v) is 12.6. The van der Waals surface area contributed by atoms with Crippen molar-refractivity contribution in [2.24, 2.45) is 5.73 Å². The lowest BCUT2D eigenvalue weighted by Crippen LogP contribution is -2.17. The van der Waals surface area contributed by atoms with Crippen LogP contribution in [0.1, 0.15) is 25.8 Å². The predicted molar refractivity (Wildman–Crippen MR) is 78.6 cm³/mol. The predicted octanol–water partition coefficient (Wildman–Crippen LogP) is 3.50. The third kappa shape index (κ3) is 4.87. The van der Waals surface area contributed by atoms with Gasteiger partial charge in [-0.25, -0.2) is 4.79 Å². The monoisotopic (exact) mass is 311 g/mol. The Morgan fingerprint density at radius 2 is 1.77 bits per heavy atom. The number of halogens is 2. The molecule has 0 heterocycles. The van der Waals surface area contributed by atoms with Gasteiger partial charge >= 0.3 is 12.0 Å². The fraction of sp³-hybridized carbons (Fsp3) is 0.312. The molecule has 0 saturated heterocycles. The molecule has 0 radical (unpaired) electrons. The van der Waals surface area contributed by atoms with E-state index in [1.165, 1.54) is 0 Å². The molecule has 120 valence electrons. The van der Waals surface area contributed by atoms with Crippen molar-refractivity contribution < 1.29 is 23.0 Å². The van der Waals surface area contributed by atoms with Crippen LogP contribution in [0.4, 0.5) is 8.78 Å². The first-order valence-corrected chi connectivity index (χ1v) is 6.89. The molecule has 0 bridgehead atoms. The molecule has 2 N–H and O–H groups in total. The molecule has 1 aromatic carbocycles. The quantitative estimate of drug-likeness (QED) is 0.362. The fourth-order valence-electron chi connectivity index (χ4n) is 1.70. The van der Waals surface area contributed by atoms with E-state index in [0.29, 0.717) is 5.56 Å². The molecule has 0 aliphatic carbocycles. The standard InChI is InChI=1S/C16H19F2NO3/c1-3-12(19)13(16(20)21-4-2)14(15(17)18)22-10-11-8-6-5-7-9-11/h5-9H,3-4,10,19H2,1-2H3/b13-12-. The summed E-state index contributed by atoms with van der Waals surface area (Å²) >= 11 is 0. The van der Waals surface area contributed by atoms with Crippen LogP contribution in [0.25, 0.3) is 0 Å². The van der Waals surface area contributed by atoms with Crippen LogP contribution in [0.15, 0.2) is 53.4 Å². The van der Waals surface area contributed by atoms with Crippen molar-refractivity contribution in [2.45, 2.75) is 26.9 Å². The molecule has 0 fully saturated rings. The van der Waals surface area contributed by atoms with Crippen molar-refractivity contribution in [3.05, 3.63) is 59.0 Å². The van der Waals surface area contributed by atoms with Gasteiger partial charge in [0, 0.05) is 5.70 Å². The van der Waals surface area contributed by atoms with Gasteiger partial charge in [0.15, 0.2) is 0 Å². The highest BCUT2D eigenvalue weighted by atomic mass is 19.3. The van der Waals surface area contributed by atoms with E-state index in [1.54, 1.807) is 44.2 Å². The summed E-state index contributed by atoms with van der Waals surface area (Å²) in [5.74, 6) is -1.75. The van der Waals surface area contributed by atoms with Crippen LogP contribution in [0.2, 0.25) is 0 Å². The van der Waals surface area contributed by atoms with Crippen molar-refractivity contribution in [2.75, 3.05) is 6.61 Å². The third-order valence-corrected chi connectivity index (χ3v) is 2.81. The van der Waals surface area contributed by atoms with Crippen LogP contribution in [0.5, 0.6) is 0 Å². The second kappa shape index (κ2) is 8.81. The molecule has 0 amide bonds. The molecule has 0 spiro atoms. The maximum atomic E-state index is 13.2. The second-order valence-corrected chi connectivity index (χ2v) is 4.34. The van der Waals surface area contributed by atoms with Crippen molar-refractivity contribution in [1.82, 2.24) is 0 Å². The third-order valence-electron chi connectivity index (χ3n) is 2.81. The van der Waals surface area contributed by atoms with Crippen LogP contribution in [0.3, 0.4) is 0 Å². The average Bonchev–Trinajstić information content (AvgIpc) is 2.51. The van der Waals surface area contributed by atoms with E-state index in [0.717, 1.165) is 0 Å². The Kier molecular flexibility index (Phi) is 7.08. The molecule has 4 nitrogen and oxygen atoms in total. The average molecular weight is 311 g/mol. The Morgan fingerprint density at radius 1 is 1.14 bits per heavy atom. The molecule has 22 heavy (non-hydrogen) atoms. The molecule has 1 aromatic rings. The lowest BCUT2D eigenvalue weighted by molar-refractivity contribution is -0.138. The molecule has 6 heteroatoms. The van der Waals surface area contributed by atoms with Gasteiger partial charge in [-0.05, 0) is 18.9 Å². The molecule has 0 aromatic heterocycles. The molecule has 0 saturated carbocycles. The number of ether oxygens (including phenoxy) is 2. The lowest BCUT2D eigenvalue weighted by atomic mass is 10.1. The SMILES string of the molecule is CCOC(=O)/C(C(OCc1ccccc1)=C(F)F)=C(\N)CC. The highest BCUT2D eigenvalue weighted by Gasteiger charge is 2.25. The number of carbonyl (C=O) groups is 1. The van der Waals surface area contributed by atoms with Crippen LogP contribution in [-0.2, 0) is 20.9 Å². The van der Waals surface area contributed by atoms with Crippen LogP contribution < -0.4 is 5.73 Å². The number of esters is 1. The Balaban J connectivity index is 3.06. The fourth-order valence-corrected chi connectivity index (χ4v) is 1.70. The minimum absolute atomic E-state index is 0.00527. The number of benzene rings is 1. The van der Waals surface area contributed by atoms with Gasteiger partial charge in [0.1, 0.15) is 12.2 Å². The number of hydrogen-bond acceptors (Lipinski definition) is 4. The van der Waals surface area contributed by atoms with Crippen molar-refractivity contribution in [1.29, 1.82) is 0 Å². The summed E-state index contributed by atoms with van der Waals surface area (Å²) in [4.78, 5) is 11.9. The Hall–Kier alpha value is -2.37. The van der Waals surface area contributed by atoms with Crippen molar-refractivity contribution in [3.63, 3.8) is 0 Å². The van der Waals surface area contributed by atoms with E-state index in [-0.39, 0.29) is 25.3 Å². The first kappa shape index (κ1) is 17.7. The topological polar surface area (TPSA) is 61.5 Å². The minimum Gasteiger partial charge on any atom is -0.483 e. The molecule has 0 unspecified atom stereocenters. The van der Waals surface area contributed by atoms with E-state index >= 15 is 0 Å². The molecule has 0 aliphatic rings. The lowest BCUT2D eigenvalue weighted by Gasteiger charge is -2.14. The Morgan fingerprint density at radius 3 is 2.27 bits per heavy atom. The van der Waals surface area contributed by atoms with Gasteiger partial charge in [-0.2, -0.15) is 8.78 Å². The highest BCUT2D eigenvalue weighted by Crippen LogP contribution is 2.24. The minimum atomic E-state index is -2.12. The molecular weight excluding hydrogens is 292 g/mol. The summed E-state index contributed by atoms with van der Waals surface area (Å²) in [5, 5.41) is 0. The van der Waals surface area contributed by atoms with E-state index in [9.17, 15) is 13.6 Å². The van der Waals surface area contributed by atoms with Crippen LogP contribution >= 0.6 is 0 Å². The van der Waals surface area contributed by atoms with Crippen LogP contribution in [0, 0.1) is 0 Å². The zero-order chi connectivity index (χ0) is 16.5. The van der Waals surface area contributed by atoms with Gasteiger partial charge in [-0.3, -0.25) is 0 Å². The summed E-state index contributed by atoms with van der Waals surface area (Å²) in [6, 6.07) is 8.77. The number of hydrogen-bond donors (Lipinski definition) is 1.